The standard InChI is InChI=1S/C10H10F3NO4/c11-10(12,13)7-4-8(14(16)17)6-9(5-7)18-3-1-2-15/h4-6,15H,1-3H2. The highest BCUT2D eigenvalue weighted by molar-refractivity contribution is 5.43. The molecule has 5 nitrogen and oxygen atoms in total. The van der Waals surface area contributed by atoms with Gasteiger partial charge in [-0.3, -0.25) is 10.1 Å². The van der Waals surface area contributed by atoms with Crippen LogP contribution >= 0.6 is 0 Å². The Bertz CT molecular complexity index is 434. The monoisotopic (exact) mass is 265 g/mol. The van der Waals surface area contributed by atoms with Gasteiger partial charge in [0.25, 0.3) is 5.69 Å². The summed E-state index contributed by atoms with van der Waals surface area (Å²) in [6.45, 7) is -0.198. The maximum atomic E-state index is 12.5. The minimum absolute atomic E-state index is 0.0189. The lowest BCUT2D eigenvalue weighted by Gasteiger charge is -2.10. The largest absolute Gasteiger partial charge is 0.493 e. The quantitative estimate of drug-likeness (QED) is 0.504. The van der Waals surface area contributed by atoms with Crippen LogP contribution in [0.2, 0.25) is 0 Å². The van der Waals surface area contributed by atoms with Gasteiger partial charge in [0.1, 0.15) is 5.75 Å². The molecule has 18 heavy (non-hydrogen) atoms. The molecular weight excluding hydrogens is 255 g/mol. The molecule has 1 rings (SSSR count). The summed E-state index contributed by atoms with van der Waals surface area (Å²) in [5.41, 5.74) is -1.83. The van der Waals surface area contributed by atoms with Crippen molar-refractivity contribution in [2.24, 2.45) is 0 Å². The summed E-state index contributed by atoms with van der Waals surface area (Å²) >= 11 is 0. The highest BCUT2D eigenvalue weighted by Gasteiger charge is 2.33. The zero-order chi connectivity index (χ0) is 13.8. The Morgan fingerprint density at radius 1 is 1.33 bits per heavy atom. The number of alkyl halides is 3. The van der Waals surface area contributed by atoms with Crippen LogP contribution < -0.4 is 4.74 Å². The first kappa shape index (κ1) is 14.2. The van der Waals surface area contributed by atoms with Crippen molar-refractivity contribution in [2.75, 3.05) is 13.2 Å². The van der Waals surface area contributed by atoms with E-state index < -0.39 is 22.4 Å². The third-order valence-electron chi connectivity index (χ3n) is 2.00. The van der Waals surface area contributed by atoms with Crippen molar-refractivity contribution in [1.29, 1.82) is 0 Å². The molecular formula is C10H10F3NO4. The van der Waals surface area contributed by atoms with Crippen molar-refractivity contribution < 1.29 is 27.9 Å². The maximum absolute atomic E-state index is 12.5. The van der Waals surface area contributed by atoms with Crippen LogP contribution in [-0.2, 0) is 6.18 Å². The molecule has 1 aromatic carbocycles. The first-order valence-electron chi connectivity index (χ1n) is 4.95. The highest BCUT2D eigenvalue weighted by Crippen LogP contribution is 2.34. The van der Waals surface area contributed by atoms with Gasteiger partial charge in [-0.25, -0.2) is 0 Å². The summed E-state index contributed by atoms with van der Waals surface area (Å²) in [6.07, 6.45) is -4.45. The minimum Gasteiger partial charge on any atom is -0.493 e. The Morgan fingerprint density at radius 3 is 2.50 bits per heavy atom. The Labute approximate surface area is 99.9 Å². The van der Waals surface area contributed by atoms with Gasteiger partial charge < -0.3 is 9.84 Å². The van der Waals surface area contributed by atoms with Crippen molar-refractivity contribution in [2.45, 2.75) is 12.6 Å². The maximum Gasteiger partial charge on any atom is 0.416 e. The summed E-state index contributed by atoms with van der Waals surface area (Å²) in [7, 11) is 0. The van der Waals surface area contributed by atoms with Crippen LogP contribution in [0.3, 0.4) is 0 Å². The first-order valence-corrected chi connectivity index (χ1v) is 4.95. The number of aliphatic hydroxyl groups excluding tert-OH is 1. The number of hydrogen-bond donors (Lipinski definition) is 1. The van der Waals surface area contributed by atoms with Crippen LogP contribution in [0, 0.1) is 10.1 Å². The van der Waals surface area contributed by atoms with Crippen molar-refractivity contribution in [3.05, 3.63) is 33.9 Å². The van der Waals surface area contributed by atoms with Gasteiger partial charge in [0.05, 0.1) is 23.2 Å². The van der Waals surface area contributed by atoms with E-state index >= 15 is 0 Å². The first-order chi connectivity index (χ1) is 8.34. The normalized spacial score (nSPS) is 11.3. The number of ether oxygens (including phenoxy) is 1. The minimum atomic E-state index is -4.68. The van der Waals surface area contributed by atoms with Gasteiger partial charge >= 0.3 is 6.18 Å². The number of nitro benzene ring substituents is 1. The molecule has 0 atom stereocenters. The highest BCUT2D eigenvalue weighted by atomic mass is 19.4. The molecule has 0 bridgehead atoms. The van der Waals surface area contributed by atoms with E-state index in [1.54, 1.807) is 0 Å². The predicted octanol–water partition coefficient (Wildman–Crippen LogP) is 2.37. The smallest absolute Gasteiger partial charge is 0.416 e. The molecule has 1 N–H and O–H groups in total. The second-order valence-electron chi connectivity index (χ2n) is 3.40. The van der Waals surface area contributed by atoms with E-state index in [0.29, 0.717) is 12.1 Å². The van der Waals surface area contributed by atoms with Crippen LogP contribution in [0.1, 0.15) is 12.0 Å². The van der Waals surface area contributed by atoms with Gasteiger partial charge in [-0.2, -0.15) is 13.2 Å². The molecule has 0 unspecified atom stereocenters. The van der Waals surface area contributed by atoms with E-state index in [9.17, 15) is 23.3 Å². The van der Waals surface area contributed by atoms with Gasteiger partial charge in [-0.15, -0.1) is 0 Å². The Morgan fingerprint density at radius 2 is 2.00 bits per heavy atom. The Hall–Kier alpha value is -1.83. The fourth-order valence-corrected chi connectivity index (χ4v) is 1.19. The summed E-state index contributed by atoms with van der Waals surface area (Å²) < 4.78 is 42.4. The summed E-state index contributed by atoms with van der Waals surface area (Å²) in [4.78, 5) is 9.58. The van der Waals surface area contributed by atoms with E-state index in [2.05, 4.69) is 0 Å². The number of non-ortho nitro benzene ring substituents is 1. The van der Waals surface area contributed by atoms with Crippen LogP contribution in [0.25, 0.3) is 0 Å². The molecule has 0 aromatic heterocycles. The van der Waals surface area contributed by atoms with Crippen LogP contribution in [-0.4, -0.2) is 23.2 Å². The number of hydrogen-bond acceptors (Lipinski definition) is 4. The number of nitro groups is 1. The van der Waals surface area contributed by atoms with Crippen LogP contribution in [0.15, 0.2) is 18.2 Å². The molecule has 0 spiro atoms. The molecule has 0 saturated heterocycles. The van der Waals surface area contributed by atoms with Crippen LogP contribution in [0.4, 0.5) is 18.9 Å². The zero-order valence-electron chi connectivity index (χ0n) is 9.11. The Balaban J connectivity index is 3.03. The number of halogens is 3. The predicted molar refractivity (Wildman–Crippen MR) is 55.3 cm³/mol. The Kier molecular flexibility index (Phi) is 4.49. The number of aliphatic hydroxyl groups is 1. The van der Waals surface area contributed by atoms with E-state index in [1.807, 2.05) is 0 Å². The molecule has 0 fully saturated rings. The molecule has 0 heterocycles. The van der Waals surface area contributed by atoms with Gasteiger partial charge in [0.15, 0.2) is 0 Å². The van der Waals surface area contributed by atoms with Gasteiger partial charge in [0.2, 0.25) is 0 Å². The molecule has 0 aliphatic heterocycles. The molecule has 100 valence electrons. The molecule has 0 radical (unpaired) electrons. The molecule has 8 heteroatoms. The third-order valence-corrected chi connectivity index (χ3v) is 2.00. The molecule has 0 aliphatic rings. The fraction of sp³-hybridized carbons (Fsp3) is 0.400. The topological polar surface area (TPSA) is 72.6 Å². The van der Waals surface area contributed by atoms with E-state index in [4.69, 9.17) is 9.84 Å². The third kappa shape index (κ3) is 3.88. The summed E-state index contributed by atoms with van der Waals surface area (Å²) in [6, 6.07) is 2.04. The average Bonchev–Trinajstić information content (AvgIpc) is 2.28. The average molecular weight is 265 g/mol. The van der Waals surface area contributed by atoms with E-state index in [1.165, 1.54) is 0 Å². The van der Waals surface area contributed by atoms with Crippen LogP contribution in [0.5, 0.6) is 5.75 Å². The second-order valence-corrected chi connectivity index (χ2v) is 3.40. The number of benzene rings is 1. The molecule has 0 aliphatic carbocycles. The lowest BCUT2D eigenvalue weighted by atomic mass is 10.2. The fourth-order valence-electron chi connectivity index (χ4n) is 1.19. The number of rotatable bonds is 5. The zero-order valence-corrected chi connectivity index (χ0v) is 9.11. The van der Waals surface area contributed by atoms with Crippen molar-refractivity contribution in [3.63, 3.8) is 0 Å². The van der Waals surface area contributed by atoms with Gasteiger partial charge in [-0.1, -0.05) is 0 Å². The molecule has 0 saturated carbocycles. The second kappa shape index (κ2) is 5.67. The lowest BCUT2D eigenvalue weighted by Crippen LogP contribution is -2.07. The van der Waals surface area contributed by atoms with Crippen molar-refractivity contribution in [3.8, 4) is 5.75 Å². The van der Waals surface area contributed by atoms with E-state index in [-0.39, 0.29) is 25.4 Å². The molecule has 0 amide bonds. The number of nitrogens with zero attached hydrogens (tertiary/aromatic N) is 1. The lowest BCUT2D eigenvalue weighted by molar-refractivity contribution is -0.385. The van der Waals surface area contributed by atoms with E-state index in [0.717, 1.165) is 6.07 Å². The van der Waals surface area contributed by atoms with Gasteiger partial charge in [-0.05, 0) is 6.07 Å². The van der Waals surface area contributed by atoms with Crippen molar-refractivity contribution in [1.82, 2.24) is 0 Å². The summed E-state index contributed by atoms with van der Waals surface area (Å²) in [5, 5.41) is 19.0. The summed E-state index contributed by atoms with van der Waals surface area (Å²) in [5.74, 6) is -0.245. The van der Waals surface area contributed by atoms with Crippen molar-refractivity contribution >= 4 is 5.69 Å². The van der Waals surface area contributed by atoms with Gasteiger partial charge in [0, 0.05) is 19.1 Å². The molecule has 1 aromatic rings. The SMILES string of the molecule is O=[N+]([O-])c1cc(OCCCO)cc(C(F)(F)F)c1.